The van der Waals surface area contributed by atoms with Gasteiger partial charge in [-0.25, -0.2) is 0 Å². The molecule has 126 valence electrons. The summed E-state index contributed by atoms with van der Waals surface area (Å²) in [5, 5.41) is 2.86. The summed E-state index contributed by atoms with van der Waals surface area (Å²) in [6.07, 6.45) is 0.233. The van der Waals surface area contributed by atoms with Crippen LogP contribution in [0.15, 0.2) is 59.1 Å². The Kier molecular flexibility index (Phi) is 6.55. The second-order valence-corrected chi connectivity index (χ2v) is 6.66. The van der Waals surface area contributed by atoms with E-state index >= 15 is 0 Å². The molecule has 2 amide bonds. The van der Waals surface area contributed by atoms with Crippen molar-refractivity contribution in [3.8, 4) is 0 Å². The molecule has 0 fully saturated rings. The smallest absolute Gasteiger partial charge is 0.225 e. The number of carbonyl (C=O) groups is 2. The minimum atomic E-state index is -0.316. The van der Waals surface area contributed by atoms with Crippen molar-refractivity contribution in [2.24, 2.45) is 0 Å². The van der Waals surface area contributed by atoms with Gasteiger partial charge in [-0.3, -0.25) is 9.59 Å². The molecule has 0 radical (unpaired) electrons. The van der Waals surface area contributed by atoms with Gasteiger partial charge in [0.25, 0.3) is 0 Å². The van der Waals surface area contributed by atoms with Crippen molar-refractivity contribution in [3.05, 3.63) is 70.2 Å². The minimum absolute atomic E-state index is 0.0134. The highest BCUT2D eigenvalue weighted by Gasteiger charge is 2.19. The molecule has 0 aliphatic heterocycles. The highest BCUT2D eigenvalue weighted by atomic mass is 79.9. The van der Waals surface area contributed by atoms with Crippen molar-refractivity contribution < 1.29 is 9.59 Å². The lowest BCUT2D eigenvalue weighted by Crippen LogP contribution is -2.33. The average Bonchev–Trinajstić information content (AvgIpc) is 2.56. The van der Waals surface area contributed by atoms with Crippen LogP contribution in [0.2, 0.25) is 0 Å². The summed E-state index contributed by atoms with van der Waals surface area (Å²) >= 11 is 3.40. The fourth-order valence-electron chi connectivity index (χ4n) is 2.47. The van der Waals surface area contributed by atoms with Gasteiger partial charge in [-0.15, -0.1) is 0 Å². The van der Waals surface area contributed by atoms with E-state index in [9.17, 15) is 9.59 Å². The van der Waals surface area contributed by atoms with Gasteiger partial charge in [0.2, 0.25) is 11.8 Å². The van der Waals surface area contributed by atoms with Crippen LogP contribution in [0.4, 0.5) is 0 Å². The summed E-state index contributed by atoms with van der Waals surface area (Å²) in [5.41, 5.74) is 1.99. The van der Waals surface area contributed by atoms with E-state index in [0.29, 0.717) is 6.54 Å². The Hall–Kier alpha value is -2.14. The molecule has 4 nitrogen and oxygen atoms in total. The number of halogens is 1. The minimum Gasteiger partial charge on any atom is -0.349 e. The quantitative estimate of drug-likeness (QED) is 0.820. The molecule has 0 heterocycles. The third kappa shape index (κ3) is 5.49. The highest BCUT2D eigenvalue weighted by Crippen LogP contribution is 2.18. The second kappa shape index (κ2) is 8.64. The average molecular weight is 389 g/mol. The number of hydrogen-bond acceptors (Lipinski definition) is 2. The second-order valence-electron chi connectivity index (χ2n) is 5.74. The summed E-state index contributed by atoms with van der Waals surface area (Å²) in [7, 11) is 1.78. The fourth-order valence-corrected chi connectivity index (χ4v) is 2.73. The SMILES string of the molecule is CC(=O)N[C@@H](CC(=O)N(C)Cc1ccc(Br)cc1)c1ccccc1. The standard InChI is InChI=1S/C19H21BrN2O2/c1-14(23)21-18(16-6-4-3-5-7-16)12-19(24)22(2)13-15-8-10-17(20)11-9-15/h3-11,18H,12-13H2,1-2H3,(H,21,23)/t18-/m0/s1. The predicted octanol–water partition coefficient (Wildman–Crippen LogP) is 3.68. The number of carbonyl (C=O) groups excluding carboxylic acids is 2. The van der Waals surface area contributed by atoms with Gasteiger partial charge in [0.1, 0.15) is 0 Å². The van der Waals surface area contributed by atoms with E-state index in [1.54, 1.807) is 11.9 Å². The molecule has 0 aliphatic carbocycles. The molecule has 2 aromatic rings. The first-order valence-electron chi connectivity index (χ1n) is 7.76. The Bertz CT molecular complexity index is 686. The molecule has 0 unspecified atom stereocenters. The van der Waals surface area contributed by atoms with Crippen LogP contribution < -0.4 is 5.32 Å². The highest BCUT2D eigenvalue weighted by molar-refractivity contribution is 9.10. The van der Waals surface area contributed by atoms with E-state index in [1.807, 2.05) is 54.6 Å². The maximum Gasteiger partial charge on any atom is 0.225 e. The summed E-state index contributed by atoms with van der Waals surface area (Å²) in [6, 6.07) is 17.1. The van der Waals surface area contributed by atoms with Gasteiger partial charge in [-0.2, -0.15) is 0 Å². The van der Waals surface area contributed by atoms with Crippen LogP contribution in [0, 0.1) is 0 Å². The summed E-state index contributed by atoms with van der Waals surface area (Å²) in [6.45, 7) is 2.00. The number of benzene rings is 2. The third-order valence-electron chi connectivity index (χ3n) is 3.72. The Balaban J connectivity index is 2.03. The summed E-state index contributed by atoms with van der Waals surface area (Å²) in [4.78, 5) is 25.7. The van der Waals surface area contributed by atoms with Gasteiger partial charge in [0.05, 0.1) is 12.5 Å². The van der Waals surface area contributed by atoms with Crippen LogP contribution in [0.5, 0.6) is 0 Å². The topological polar surface area (TPSA) is 49.4 Å². The van der Waals surface area contributed by atoms with Crippen LogP contribution in [0.1, 0.15) is 30.5 Å². The largest absolute Gasteiger partial charge is 0.349 e. The molecule has 24 heavy (non-hydrogen) atoms. The van der Waals surface area contributed by atoms with Crippen LogP contribution in [-0.2, 0) is 16.1 Å². The van der Waals surface area contributed by atoms with Crippen molar-refractivity contribution in [3.63, 3.8) is 0 Å². The van der Waals surface area contributed by atoms with E-state index in [2.05, 4.69) is 21.2 Å². The zero-order valence-electron chi connectivity index (χ0n) is 13.8. The van der Waals surface area contributed by atoms with Crippen LogP contribution in [0.25, 0.3) is 0 Å². The molecular weight excluding hydrogens is 368 g/mol. The Labute approximate surface area is 151 Å². The number of nitrogens with zero attached hydrogens (tertiary/aromatic N) is 1. The maximum absolute atomic E-state index is 12.5. The molecule has 5 heteroatoms. The zero-order chi connectivity index (χ0) is 17.5. The molecule has 0 saturated heterocycles. The normalized spacial score (nSPS) is 11.6. The number of amides is 2. The number of nitrogens with one attached hydrogen (secondary N) is 1. The molecular formula is C19H21BrN2O2. The van der Waals surface area contributed by atoms with E-state index in [4.69, 9.17) is 0 Å². The number of rotatable bonds is 6. The van der Waals surface area contributed by atoms with Crippen molar-refractivity contribution in [2.45, 2.75) is 25.9 Å². The molecule has 0 aliphatic rings. The lowest BCUT2D eigenvalue weighted by Gasteiger charge is -2.22. The Morgan fingerprint density at radius 3 is 2.29 bits per heavy atom. The number of hydrogen-bond donors (Lipinski definition) is 1. The van der Waals surface area contributed by atoms with Gasteiger partial charge in [-0.05, 0) is 23.3 Å². The van der Waals surface area contributed by atoms with Crippen LogP contribution >= 0.6 is 15.9 Å². The lowest BCUT2D eigenvalue weighted by atomic mass is 10.0. The van der Waals surface area contributed by atoms with Gasteiger partial charge in [-0.1, -0.05) is 58.4 Å². The molecule has 0 spiro atoms. The monoisotopic (exact) mass is 388 g/mol. The van der Waals surface area contributed by atoms with Gasteiger partial charge in [0, 0.05) is 25.0 Å². The van der Waals surface area contributed by atoms with E-state index in [0.717, 1.165) is 15.6 Å². The molecule has 2 aromatic carbocycles. The third-order valence-corrected chi connectivity index (χ3v) is 4.25. The van der Waals surface area contributed by atoms with Crippen molar-refractivity contribution in [2.75, 3.05) is 7.05 Å². The molecule has 1 N–H and O–H groups in total. The molecule has 1 atom stereocenters. The Morgan fingerprint density at radius 2 is 1.71 bits per heavy atom. The summed E-state index contributed by atoms with van der Waals surface area (Å²) < 4.78 is 1.01. The van der Waals surface area contributed by atoms with E-state index in [-0.39, 0.29) is 24.3 Å². The van der Waals surface area contributed by atoms with Crippen molar-refractivity contribution >= 4 is 27.7 Å². The van der Waals surface area contributed by atoms with E-state index < -0.39 is 0 Å². The maximum atomic E-state index is 12.5. The first kappa shape index (κ1) is 18.2. The first-order valence-corrected chi connectivity index (χ1v) is 8.55. The molecule has 0 saturated carbocycles. The van der Waals surface area contributed by atoms with Crippen molar-refractivity contribution in [1.82, 2.24) is 10.2 Å². The lowest BCUT2D eigenvalue weighted by molar-refractivity contribution is -0.131. The van der Waals surface area contributed by atoms with Crippen molar-refractivity contribution in [1.29, 1.82) is 0 Å². The Morgan fingerprint density at radius 1 is 1.08 bits per heavy atom. The summed E-state index contributed by atoms with van der Waals surface area (Å²) in [5.74, 6) is -0.160. The zero-order valence-corrected chi connectivity index (χ0v) is 15.4. The molecule has 0 aromatic heterocycles. The fraction of sp³-hybridized carbons (Fsp3) is 0.263. The van der Waals surface area contributed by atoms with Gasteiger partial charge < -0.3 is 10.2 Å². The predicted molar refractivity (Wildman–Crippen MR) is 98.2 cm³/mol. The van der Waals surface area contributed by atoms with Gasteiger partial charge in [0.15, 0.2) is 0 Å². The van der Waals surface area contributed by atoms with E-state index in [1.165, 1.54) is 6.92 Å². The van der Waals surface area contributed by atoms with Crippen LogP contribution in [-0.4, -0.2) is 23.8 Å². The van der Waals surface area contributed by atoms with Gasteiger partial charge >= 0.3 is 0 Å². The molecule has 0 bridgehead atoms. The first-order chi connectivity index (χ1) is 11.5. The van der Waals surface area contributed by atoms with Crippen LogP contribution in [0.3, 0.4) is 0 Å². The molecule has 2 rings (SSSR count).